The van der Waals surface area contributed by atoms with E-state index >= 15 is 0 Å². The molecule has 0 saturated heterocycles. The molecule has 40 heavy (non-hydrogen) atoms. The highest BCUT2D eigenvalue weighted by Gasteiger charge is 2.38. The second-order valence-electron chi connectivity index (χ2n) is 12.6. The maximum absolute atomic E-state index is 13.5. The first-order chi connectivity index (χ1) is 18.6. The third kappa shape index (κ3) is 7.88. The molecule has 0 bridgehead atoms. The van der Waals surface area contributed by atoms with Gasteiger partial charge in [-0.1, -0.05) is 30.7 Å². The van der Waals surface area contributed by atoms with Crippen LogP contribution in [-0.2, 0) is 14.3 Å². The molecule has 1 heterocycles. The second-order valence-corrected chi connectivity index (χ2v) is 12.9. The second kappa shape index (κ2) is 12.8. The van der Waals surface area contributed by atoms with Crippen molar-refractivity contribution < 1.29 is 23.9 Å². The summed E-state index contributed by atoms with van der Waals surface area (Å²) in [5, 5.41) is 1.50. The maximum Gasteiger partial charge on any atom is 0.424 e. The summed E-state index contributed by atoms with van der Waals surface area (Å²) in [4.78, 5) is 45.4. The molecule has 2 aromatic carbocycles. The number of ether oxygens (including phenoxy) is 2. The summed E-state index contributed by atoms with van der Waals surface area (Å²) < 4.78 is 11.3. The number of hydrogen-bond donors (Lipinski definition) is 0. The number of carbonyl (C=O) groups is 3. The van der Waals surface area contributed by atoms with Gasteiger partial charge >= 0.3 is 12.2 Å². The van der Waals surface area contributed by atoms with E-state index in [0.717, 1.165) is 41.7 Å². The summed E-state index contributed by atoms with van der Waals surface area (Å²) in [6, 6.07) is 9.28. The molecule has 0 fully saturated rings. The van der Waals surface area contributed by atoms with Crippen LogP contribution in [0, 0.1) is 0 Å². The summed E-state index contributed by atoms with van der Waals surface area (Å²) in [6.07, 6.45) is 1.47. The molecule has 0 N–H and O–H groups in total. The topological polar surface area (TPSA) is 79.4 Å². The number of carbonyl (C=O) groups excluding carboxylic acids is 3. The average Bonchev–Trinajstić information content (AvgIpc) is 3.20. The van der Waals surface area contributed by atoms with Crippen LogP contribution in [0.1, 0.15) is 78.7 Å². The van der Waals surface area contributed by atoms with Crippen LogP contribution in [0.4, 0.5) is 21.0 Å². The molecule has 1 aliphatic rings. The number of hydrogen-bond acceptors (Lipinski definition) is 6. The van der Waals surface area contributed by atoms with Crippen molar-refractivity contribution in [1.82, 2.24) is 4.90 Å². The van der Waals surface area contributed by atoms with E-state index in [0.29, 0.717) is 35.6 Å². The van der Waals surface area contributed by atoms with Crippen molar-refractivity contribution >= 4 is 51.8 Å². The van der Waals surface area contributed by atoms with Crippen molar-refractivity contribution in [3.05, 3.63) is 35.9 Å². The fraction of sp³-hybridized carbons (Fsp3) is 0.581. The molecule has 1 unspecified atom stereocenters. The first-order valence-electron chi connectivity index (χ1n) is 14.0. The molecule has 0 aromatic heterocycles. The third-order valence-electron chi connectivity index (χ3n) is 6.52. The van der Waals surface area contributed by atoms with Gasteiger partial charge in [0.25, 0.3) is 0 Å². The predicted octanol–water partition coefficient (Wildman–Crippen LogP) is 7.31. The van der Waals surface area contributed by atoms with Crippen LogP contribution >= 0.6 is 11.6 Å². The molecular formula is C31H44ClN3O5. The number of amides is 3. The Morgan fingerprint density at radius 1 is 0.925 bits per heavy atom. The Kier molecular flexibility index (Phi) is 10.1. The SMILES string of the molecule is CN(C)CCCCCC(=O)N1CC(CCl)c2c1cc(N(C(=O)OC(C)(C)C)C(=O)OC(C)(C)C)c1ccccc21. The highest BCUT2D eigenvalue weighted by molar-refractivity contribution is 6.20. The molecule has 0 aliphatic carbocycles. The van der Waals surface area contributed by atoms with E-state index in [9.17, 15) is 14.4 Å². The largest absolute Gasteiger partial charge is 0.443 e. The maximum atomic E-state index is 13.5. The summed E-state index contributed by atoms with van der Waals surface area (Å²) in [5.74, 6) is 0.260. The monoisotopic (exact) mass is 573 g/mol. The van der Waals surface area contributed by atoms with Gasteiger partial charge in [0, 0.05) is 35.8 Å². The van der Waals surface area contributed by atoms with Crippen LogP contribution in [-0.4, -0.2) is 67.3 Å². The van der Waals surface area contributed by atoms with E-state index in [1.165, 1.54) is 0 Å². The van der Waals surface area contributed by atoms with Crippen LogP contribution in [0.5, 0.6) is 0 Å². The minimum absolute atomic E-state index is 0.000960. The fourth-order valence-corrected chi connectivity index (χ4v) is 5.13. The van der Waals surface area contributed by atoms with Crippen molar-refractivity contribution in [3.8, 4) is 0 Å². The molecule has 2 aromatic rings. The highest BCUT2D eigenvalue weighted by Crippen LogP contribution is 2.46. The van der Waals surface area contributed by atoms with Crippen molar-refractivity contribution in [2.75, 3.05) is 42.9 Å². The summed E-state index contributed by atoms with van der Waals surface area (Å²) in [6.45, 7) is 11.9. The number of nitrogens with zero attached hydrogens (tertiary/aromatic N) is 3. The van der Waals surface area contributed by atoms with E-state index in [2.05, 4.69) is 4.90 Å². The minimum Gasteiger partial charge on any atom is -0.443 e. The lowest BCUT2D eigenvalue weighted by molar-refractivity contribution is -0.118. The van der Waals surface area contributed by atoms with E-state index in [4.69, 9.17) is 21.1 Å². The van der Waals surface area contributed by atoms with Crippen LogP contribution < -0.4 is 9.80 Å². The Balaban J connectivity index is 2.10. The Bertz CT molecular complexity index is 1200. The number of alkyl halides is 1. The number of fused-ring (bicyclic) bond motifs is 3. The Hall–Kier alpha value is -2.84. The molecule has 0 spiro atoms. The molecule has 0 radical (unpaired) electrons. The van der Waals surface area contributed by atoms with Gasteiger partial charge in [0.15, 0.2) is 0 Å². The highest BCUT2D eigenvalue weighted by atomic mass is 35.5. The zero-order valence-electron chi connectivity index (χ0n) is 25.2. The lowest BCUT2D eigenvalue weighted by atomic mass is 9.94. The molecule has 8 nitrogen and oxygen atoms in total. The molecule has 1 aliphatic heterocycles. The summed E-state index contributed by atoms with van der Waals surface area (Å²) >= 11 is 6.43. The average molecular weight is 574 g/mol. The predicted molar refractivity (Wildman–Crippen MR) is 162 cm³/mol. The minimum atomic E-state index is -0.850. The molecule has 9 heteroatoms. The van der Waals surface area contributed by atoms with Crippen molar-refractivity contribution in [2.24, 2.45) is 0 Å². The quantitative estimate of drug-likeness (QED) is 0.243. The summed E-state index contributed by atoms with van der Waals surface area (Å²) in [5.41, 5.74) is 0.222. The Morgan fingerprint density at radius 2 is 1.50 bits per heavy atom. The van der Waals surface area contributed by atoms with E-state index < -0.39 is 23.4 Å². The van der Waals surface area contributed by atoms with Gasteiger partial charge in [0.2, 0.25) is 5.91 Å². The molecule has 3 rings (SSSR count). The van der Waals surface area contributed by atoms with E-state index in [1.807, 2.05) is 38.4 Å². The van der Waals surface area contributed by atoms with Gasteiger partial charge < -0.3 is 19.3 Å². The Morgan fingerprint density at radius 3 is 2.02 bits per heavy atom. The van der Waals surface area contributed by atoms with Gasteiger partial charge in [-0.15, -0.1) is 11.6 Å². The number of anilines is 2. The molecule has 3 amide bonds. The zero-order chi connectivity index (χ0) is 29.8. The standard InChI is InChI=1S/C31H44ClN3O5/c1-30(2,3)39-28(37)35(29(38)40-31(4,5)6)24-18-25-27(23-15-12-11-14-22(23)24)21(19-32)20-34(25)26(36)16-10-9-13-17-33(7)8/h11-12,14-15,18,21H,9-10,13,16-17,19-20H2,1-8H3. The normalized spacial score (nSPS) is 15.3. The van der Waals surface area contributed by atoms with Crippen molar-refractivity contribution in [2.45, 2.75) is 84.3 Å². The van der Waals surface area contributed by atoms with Crippen molar-refractivity contribution in [1.29, 1.82) is 0 Å². The molecule has 1 atom stereocenters. The molecular weight excluding hydrogens is 530 g/mol. The van der Waals surface area contributed by atoms with Gasteiger partial charge in [-0.05, 0) is 92.0 Å². The first kappa shape index (κ1) is 31.7. The van der Waals surface area contributed by atoms with Crippen LogP contribution in [0.25, 0.3) is 10.8 Å². The van der Waals surface area contributed by atoms with Gasteiger partial charge in [-0.25, -0.2) is 9.59 Å². The first-order valence-corrected chi connectivity index (χ1v) is 14.5. The molecule has 220 valence electrons. The lowest BCUT2D eigenvalue weighted by Gasteiger charge is -2.30. The number of rotatable bonds is 8. The van der Waals surface area contributed by atoms with Crippen LogP contribution in [0.15, 0.2) is 30.3 Å². The number of benzene rings is 2. The smallest absolute Gasteiger partial charge is 0.424 e. The van der Waals surface area contributed by atoms with Crippen LogP contribution in [0.3, 0.4) is 0 Å². The van der Waals surface area contributed by atoms with E-state index in [-0.39, 0.29) is 11.8 Å². The fourth-order valence-electron chi connectivity index (χ4n) is 4.88. The lowest BCUT2D eigenvalue weighted by Crippen LogP contribution is -2.44. The van der Waals surface area contributed by atoms with Gasteiger partial charge in [0.1, 0.15) is 11.2 Å². The number of halogens is 1. The van der Waals surface area contributed by atoms with E-state index in [1.54, 1.807) is 52.5 Å². The van der Waals surface area contributed by atoms with Crippen molar-refractivity contribution in [3.63, 3.8) is 0 Å². The number of unbranched alkanes of at least 4 members (excludes halogenated alkanes) is 2. The van der Waals surface area contributed by atoms with Crippen LogP contribution in [0.2, 0.25) is 0 Å². The third-order valence-corrected chi connectivity index (χ3v) is 6.89. The Labute approximate surface area is 243 Å². The van der Waals surface area contributed by atoms with Gasteiger partial charge in [-0.2, -0.15) is 4.90 Å². The summed E-state index contributed by atoms with van der Waals surface area (Å²) in [7, 11) is 4.08. The number of imide groups is 1. The molecule has 0 saturated carbocycles. The zero-order valence-corrected chi connectivity index (χ0v) is 25.9. The van der Waals surface area contributed by atoms with Gasteiger partial charge in [0.05, 0.1) is 5.69 Å². The van der Waals surface area contributed by atoms with Gasteiger partial charge in [-0.3, -0.25) is 4.79 Å².